The molecule has 178 valence electrons. The van der Waals surface area contributed by atoms with Crippen molar-refractivity contribution in [2.75, 3.05) is 26.7 Å². The summed E-state index contributed by atoms with van der Waals surface area (Å²) in [6, 6.07) is 20.3. The highest BCUT2D eigenvalue weighted by atomic mass is 19.4. The van der Waals surface area contributed by atoms with Crippen molar-refractivity contribution >= 4 is 13.3 Å². The van der Waals surface area contributed by atoms with Gasteiger partial charge in [-0.15, -0.1) is 0 Å². The van der Waals surface area contributed by atoms with Gasteiger partial charge in [-0.3, -0.25) is 0 Å². The second-order valence-electron chi connectivity index (χ2n) is 9.31. The molecule has 0 saturated carbocycles. The van der Waals surface area contributed by atoms with Crippen LogP contribution in [0.1, 0.15) is 35.1 Å². The summed E-state index contributed by atoms with van der Waals surface area (Å²) in [5.41, 5.74) is 2.79. The fourth-order valence-electron chi connectivity index (χ4n) is 4.64. The zero-order valence-corrected chi connectivity index (χ0v) is 19.6. The number of rotatable bonds is 6. The second kappa shape index (κ2) is 10.3. The SMILES string of the molecule is [B]c1cccc(C2(COCc3cc(-c4ccc(C#N)cc4)cc(C(F)(F)F)c3)CCN(C)CC2)c1. The molecule has 0 N–H and O–H groups in total. The Morgan fingerprint density at radius 3 is 2.34 bits per heavy atom. The Morgan fingerprint density at radius 2 is 1.71 bits per heavy atom. The summed E-state index contributed by atoms with van der Waals surface area (Å²) in [7, 11) is 8.12. The van der Waals surface area contributed by atoms with E-state index in [0.717, 1.165) is 43.6 Å². The smallest absolute Gasteiger partial charge is 0.376 e. The van der Waals surface area contributed by atoms with Crippen LogP contribution in [0.15, 0.2) is 66.7 Å². The first-order valence-electron chi connectivity index (χ1n) is 11.5. The van der Waals surface area contributed by atoms with E-state index >= 15 is 0 Å². The van der Waals surface area contributed by atoms with Gasteiger partial charge in [0.25, 0.3) is 0 Å². The third-order valence-electron chi connectivity index (χ3n) is 6.76. The quantitative estimate of drug-likeness (QED) is 0.460. The molecular formula is C28H26BF3N2O. The number of nitriles is 1. The summed E-state index contributed by atoms with van der Waals surface area (Å²) >= 11 is 0. The Hall–Kier alpha value is -3.08. The van der Waals surface area contributed by atoms with Crippen LogP contribution in [0, 0.1) is 11.3 Å². The van der Waals surface area contributed by atoms with Gasteiger partial charge in [-0.05, 0) is 85.6 Å². The Kier molecular flexibility index (Phi) is 7.35. The van der Waals surface area contributed by atoms with Gasteiger partial charge in [0, 0.05) is 5.41 Å². The molecule has 0 amide bonds. The van der Waals surface area contributed by atoms with Crippen molar-refractivity contribution < 1.29 is 17.9 Å². The normalized spacial score (nSPS) is 16.1. The first-order chi connectivity index (χ1) is 16.7. The maximum atomic E-state index is 13.7. The van der Waals surface area contributed by atoms with Crippen LogP contribution in [-0.4, -0.2) is 39.5 Å². The van der Waals surface area contributed by atoms with Crippen molar-refractivity contribution in [2.24, 2.45) is 0 Å². The maximum absolute atomic E-state index is 13.7. The molecule has 4 rings (SSSR count). The molecule has 1 aliphatic heterocycles. The van der Waals surface area contributed by atoms with Crippen LogP contribution in [0.3, 0.4) is 0 Å². The molecular weight excluding hydrogens is 448 g/mol. The highest BCUT2D eigenvalue weighted by Crippen LogP contribution is 2.37. The van der Waals surface area contributed by atoms with E-state index < -0.39 is 11.7 Å². The topological polar surface area (TPSA) is 36.3 Å². The number of alkyl halides is 3. The Labute approximate surface area is 205 Å². The van der Waals surface area contributed by atoms with E-state index in [2.05, 4.69) is 18.0 Å². The molecule has 0 bridgehead atoms. The van der Waals surface area contributed by atoms with E-state index in [1.54, 1.807) is 30.3 Å². The van der Waals surface area contributed by atoms with E-state index in [4.69, 9.17) is 17.8 Å². The summed E-state index contributed by atoms with van der Waals surface area (Å²) < 4.78 is 47.1. The van der Waals surface area contributed by atoms with Gasteiger partial charge in [-0.1, -0.05) is 41.9 Å². The van der Waals surface area contributed by atoms with Crippen LogP contribution in [0.2, 0.25) is 0 Å². The van der Waals surface area contributed by atoms with Crippen LogP contribution >= 0.6 is 0 Å². The lowest BCUT2D eigenvalue weighted by molar-refractivity contribution is -0.137. The predicted molar refractivity (Wildman–Crippen MR) is 131 cm³/mol. The second-order valence-corrected chi connectivity index (χ2v) is 9.31. The van der Waals surface area contributed by atoms with Crippen LogP contribution in [0.5, 0.6) is 0 Å². The van der Waals surface area contributed by atoms with Crippen LogP contribution in [0.25, 0.3) is 11.1 Å². The molecule has 0 unspecified atom stereocenters. The Morgan fingerprint density at radius 1 is 1.00 bits per heavy atom. The molecule has 35 heavy (non-hydrogen) atoms. The van der Waals surface area contributed by atoms with Crippen molar-refractivity contribution in [1.82, 2.24) is 4.90 Å². The lowest BCUT2D eigenvalue weighted by Gasteiger charge is -2.41. The third kappa shape index (κ3) is 5.95. The molecule has 1 heterocycles. The summed E-state index contributed by atoms with van der Waals surface area (Å²) in [5.74, 6) is 0. The number of piperidine rings is 1. The fourth-order valence-corrected chi connectivity index (χ4v) is 4.64. The fraction of sp³-hybridized carbons (Fsp3) is 0.321. The van der Waals surface area contributed by atoms with Gasteiger partial charge in [0.15, 0.2) is 0 Å². The van der Waals surface area contributed by atoms with Crippen molar-refractivity contribution in [3.05, 3.63) is 89.0 Å². The van der Waals surface area contributed by atoms with E-state index in [1.165, 1.54) is 0 Å². The Bertz CT molecular complexity index is 1210. The number of nitrogens with zero attached hydrogens (tertiary/aromatic N) is 2. The number of halogens is 3. The van der Waals surface area contributed by atoms with Crippen molar-refractivity contribution in [2.45, 2.75) is 31.0 Å². The highest BCUT2D eigenvalue weighted by Gasteiger charge is 2.36. The van der Waals surface area contributed by atoms with E-state index in [0.29, 0.717) is 34.3 Å². The maximum Gasteiger partial charge on any atom is 0.416 e. The molecule has 3 nitrogen and oxygen atoms in total. The zero-order valence-electron chi connectivity index (χ0n) is 19.6. The molecule has 1 fully saturated rings. The molecule has 0 spiro atoms. The lowest BCUT2D eigenvalue weighted by atomic mass is 9.72. The van der Waals surface area contributed by atoms with Gasteiger partial charge in [-0.25, -0.2) is 0 Å². The monoisotopic (exact) mass is 474 g/mol. The standard InChI is InChI=1S/C28H26BF3N2O/c1-34-11-9-27(10-12-34,24-3-2-4-26(29)16-24)19-35-18-21-13-23(15-25(14-21)28(30,31)32)22-7-5-20(17-33)6-8-22/h2-8,13-16H,9-12,18-19H2,1H3. The van der Waals surface area contributed by atoms with Gasteiger partial charge in [-0.2, -0.15) is 18.4 Å². The predicted octanol–water partition coefficient (Wildman–Crippen LogP) is 5.22. The first-order valence-corrected chi connectivity index (χ1v) is 11.5. The van der Waals surface area contributed by atoms with E-state index in [-0.39, 0.29) is 12.0 Å². The third-order valence-corrected chi connectivity index (χ3v) is 6.76. The van der Waals surface area contributed by atoms with Crippen molar-refractivity contribution in [3.63, 3.8) is 0 Å². The summed E-state index contributed by atoms with van der Waals surface area (Å²) in [4.78, 5) is 2.27. The minimum Gasteiger partial charge on any atom is -0.376 e. The van der Waals surface area contributed by atoms with Crippen molar-refractivity contribution in [3.8, 4) is 17.2 Å². The highest BCUT2D eigenvalue weighted by molar-refractivity contribution is 6.32. The van der Waals surface area contributed by atoms with Gasteiger partial charge in [0.2, 0.25) is 0 Å². The molecule has 3 aromatic rings. The molecule has 3 aromatic carbocycles. The van der Waals surface area contributed by atoms with E-state index in [9.17, 15) is 13.2 Å². The summed E-state index contributed by atoms with van der Waals surface area (Å²) in [5, 5.41) is 9.01. The van der Waals surface area contributed by atoms with Crippen LogP contribution in [-0.2, 0) is 22.9 Å². The largest absolute Gasteiger partial charge is 0.416 e. The lowest BCUT2D eigenvalue weighted by Crippen LogP contribution is -2.44. The van der Waals surface area contributed by atoms with E-state index in [1.807, 2.05) is 24.3 Å². The average Bonchev–Trinajstić information content (AvgIpc) is 2.85. The number of hydrogen-bond acceptors (Lipinski definition) is 3. The number of benzene rings is 3. The van der Waals surface area contributed by atoms with Gasteiger partial charge < -0.3 is 9.64 Å². The molecule has 0 aliphatic carbocycles. The molecule has 2 radical (unpaired) electrons. The first kappa shape index (κ1) is 25.0. The average molecular weight is 474 g/mol. The minimum absolute atomic E-state index is 0.0626. The summed E-state index contributed by atoms with van der Waals surface area (Å²) in [6.45, 7) is 2.27. The summed E-state index contributed by atoms with van der Waals surface area (Å²) in [6.07, 6.45) is -2.72. The minimum atomic E-state index is -4.48. The number of likely N-dealkylation sites (tertiary alicyclic amines) is 1. The van der Waals surface area contributed by atoms with Gasteiger partial charge in [0.05, 0.1) is 30.4 Å². The zero-order chi connectivity index (χ0) is 25.1. The number of hydrogen-bond donors (Lipinski definition) is 0. The Balaban J connectivity index is 1.58. The number of ether oxygens (including phenoxy) is 1. The van der Waals surface area contributed by atoms with Crippen LogP contribution in [0.4, 0.5) is 13.2 Å². The van der Waals surface area contributed by atoms with Gasteiger partial charge in [0.1, 0.15) is 7.85 Å². The molecule has 1 saturated heterocycles. The molecule has 0 aromatic heterocycles. The van der Waals surface area contributed by atoms with Gasteiger partial charge >= 0.3 is 6.18 Å². The molecule has 1 aliphatic rings. The molecule has 7 heteroatoms. The molecule has 0 atom stereocenters. The van der Waals surface area contributed by atoms with Crippen molar-refractivity contribution in [1.29, 1.82) is 5.26 Å². The van der Waals surface area contributed by atoms with Crippen LogP contribution < -0.4 is 5.46 Å².